The van der Waals surface area contributed by atoms with Gasteiger partial charge in [-0.05, 0) is 42.8 Å². The largest absolute Gasteiger partial charge is 0.343 e. The van der Waals surface area contributed by atoms with Crippen molar-refractivity contribution in [2.75, 3.05) is 11.9 Å². The van der Waals surface area contributed by atoms with E-state index in [1.807, 2.05) is 6.92 Å². The van der Waals surface area contributed by atoms with E-state index in [0.717, 1.165) is 5.56 Å². The molecule has 0 aromatic heterocycles. The molecule has 0 spiro atoms. The van der Waals surface area contributed by atoms with Crippen LogP contribution in [0.5, 0.6) is 0 Å². The van der Waals surface area contributed by atoms with E-state index in [0.29, 0.717) is 15.7 Å². The first-order valence-electron chi connectivity index (χ1n) is 6.66. The average Bonchev–Trinajstić information content (AvgIpc) is 2.48. The number of rotatable bonds is 4. The van der Waals surface area contributed by atoms with Crippen molar-refractivity contribution >= 4 is 52.3 Å². The minimum Gasteiger partial charge on any atom is -0.343 e. The highest BCUT2D eigenvalue weighted by Gasteiger charge is 2.12. The standard InChI is InChI=1S/C16H13Cl3N2O2/c1-9-2-3-11(18)7-14(9)21-15(22)8-20-16(23)12-5-4-10(17)6-13(12)19/h2-7H,8H2,1H3,(H,20,23)(H,21,22). The number of amides is 2. The number of anilines is 1. The summed E-state index contributed by atoms with van der Waals surface area (Å²) in [5, 5.41) is 6.36. The number of halogens is 3. The molecule has 0 aliphatic carbocycles. The Hall–Kier alpha value is -1.75. The minimum atomic E-state index is -0.454. The summed E-state index contributed by atoms with van der Waals surface area (Å²) in [6.07, 6.45) is 0. The molecule has 0 saturated heterocycles. The van der Waals surface area contributed by atoms with Crippen molar-refractivity contribution in [1.29, 1.82) is 0 Å². The zero-order chi connectivity index (χ0) is 17.0. The van der Waals surface area contributed by atoms with Crippen LogP contribution in [0.1, 0.15) is 15.9 Å². The molecule has 2 aromatic carbocycles. The van der Waals surface area contributed by atoms with Gasteiger partial charge in [-0.2, -0.15) is 0 Å². The fourth-order valence-corrected chi connectivity index (χ4v) is 2.52. The van der Waals surface area contributed by atoms with E-state index in [-0.39, 0.29) is 23.0 Å². The number of hydrogen-bond acceptors (Lipinski definition) is 2. The maximum absolute atomic E-state index is 12.0. The van der Waals surface area contributed by atoms with Gasteiger partial charge in [-0.15, -0.1) is 0 Å². The van der Waals surface area contributed by atoms with Crippen LogP contribution in [0.25, 0.3) is 0 Å². The van der Waals surface area contributed by atoms with Crippen molar-refractivity contribution in [3.63, 3.8) is 0 Å². The van der Waals surface area contributed by atoms with Gasteiger partial charge in [-0.1, -0.05) is 40.9 Å². The smallest absolute Gasteiger partial charge is 0.253 e. The topological polar surface area (TPSA) is 58.2 Å². The lowest BCUT2D eigenvalue weighted by atomic mass is 10.2. The summed E-state index contributed by atoms with van der Waals surface area (Å²) < 4.78 is 0. The first kappa shape index (κ1) is 17.6. The van der Waals surface area contributed by atoms with E-state index < -0.39 is 5.91 Å². The van der Waals surface area contributed by atoms with Crippen LogP contribution < -0.4 is 10.6 Å². The lowest BCUT2D eigenvalue weighted by molar-refractivity contribution is -0.115. The van der Waals surface area contributed by atoms with Crippen molar-refractivity contribution in [3.8, 4) is 0 Å². The quantitative estimate of drug-likeness (QED) is 0.840. The monoisotopic (exact) mass is 370 g/mol. The third-order valence-electron chi connectivity index (χ3n) is 3.06. The van der Waals surface area contributed by atoms with Crippen LogP contribution in [0.3, 0.4) is 0 Å². The fraction of sp³-hybridized carbons (Fsp3) is 0.125. The normalized spacial score (nSPS) is 10.3. The van der Waals surface area contributed by atoms with Gasteiger partial charge >= 0.3 is 0 Å². The van der Waals surface area contributed by atoms with Crippen molar-refractivity contribution in [3.05, 3.63) is 62.6 Å². The van der Waals surface area contributed by atoms with E-state index >= 15 is 0 Å². The molecule has 120 valence electrons. The molecule has 0 fully saturated rings. The maximum atomic E-state index is 12.0. The summed E-state index contributed by atoms with van der Waals surface area (Å²) in [4.78, 5) is 23.9. The van der Waals surface area contributed by atoms with Crippen LogP contribution in [0.2, 0.25) is 15.1 Å². The Kier molecular flexibility index (Phi) is 5.88. The van der Waals surface area contributed by atoms with Gasteiger partial charge in [0.25, 0.3) is 5.91 Å². The van der Waals surface area contributed by atoms with E-state index in [2.05, 4.69) is 10.6 Å². The molecule has 2 aromatic rings. The highest BCUT2D eigenvalue weighted by Crippen LogP contribution is 2.21. The van der Waals surface area contributed by atoms with Crippen LogP contribution in [-0.2, 0) is 4.79 Å². The molecule has 0 radical (unpaired) electrons. The summed E-state index contributed by atoms with van der Waals surface area (Å²) in [5.74, 6) is -0.821. The zero-order valence-corrected chi connectivity index (χ0v) is 14.4. The van der Waals surface area contributed by atoms with Crippen LogP contribution in [-0.4, -0.2) is 18.4 Å². The van der Waals surface area contributed by atoms with Crippen molar-refractivity contribution in [2.45, 2.75) is 6.92 Å². The lowest BCUT2D eigenvalue weighted by Gasteiger charge is -2.10. The number of carbonyl (C=O) groups is 2. The van der Waals surface area contributed by atoms with Crippen LogP contribution in [0.4, 0.5) is 5.69 Å². The predicted octanol–water partition coefficient (Wildman–Crippen LogP) is 4.32. The Bertz CT molecular complexity index is 763. The van der Waals surface area contributed by atoms with E-state index in [9.17, 15) is 9.59 Å². The van der Waals surface area contributed by atoms with Crippen LogP contribution >= 0.6 is 34.8 Å². The molecule has 23 heavy (non-hydrogen) atoms. The van der Waals surface area contributed by atoms with Gasteiger partial charge in [0.1, 0.15) is 0 Å². The van der Waals surface area contributed by atoms with Gasteiger partial charge in [0, 0.05) is 15.7 Å². The van der Waals surface area contributed by atoms with Crippen molar-refractivity contribution in [2.24, 2.45) is 0 Å². The SMILES string of the molecule is Cc1ccc(Cl)cc1NC(=O)CNC(=O)c1ccc(Cl)cc1Cl. The molecule has 2 N–H and O–H groups in total. The maximum Gasteiger partial charge on any atom is 0.253 e. The number of hydrogen-bond donors (Lipinski definition) is 2. The Morgan fingerprint density at radius 1 is 1.00 bits per heavy atom. The molecule has 0 aliphatic heterocycles. The Balaban J connectivity index is 1.96. The minimum absolute atomic E-state index is 0.191. The van der Waals surface area contributed by atoms with E-state index in [1.54, 1.807) is 24.3 Å². The molecule has 0 atom stereocenters. The molecule has 0 unspecified atom stereocenters. The Morgan fingerprint density at radius 2 is 1.65 bits per heavy atom. The summed E-state index contributed by atoms with van der Waals surface area (Å²) in [6, 6.07) is 9.69. The second-order valence-electron chi connectivity index (χ2n) is 4.81. The highest BCUT2D eigenvalue weighted by atomic mass is 35.5. The lowest BCUT2D eigenvalue weighted by Crippen LogP contribution is -2.33. The van der Waals surface area contributed by atoms with Gasteiger partial charge in [-0.25, -0.2) is 0 Å². The predicted molar refractivity (Wildman–Crippen MR) is 93.6 cm³/mol. The molecule has 0 aliphatic rings. The summed E-state index contributed by atoms with van der Waals surface area (Å²) in [6.45, 7) is 1.65. The second kappa shape index (κ2) is 7.68. The first-order chi connectivity index (χ1) is 10.9. The molecule has 0 heterocycles. The van der Waals surface area contributed by atoms with Crippen LogP contribution in [0, 0.1) is 6.92 Å². The molecule has 0 saturated carbocycles. The summed E-state index contributed by atoms with van der Waals surface area (Å²) in [5.41, 5.74) is 1.72. The molecule has 2 amide bonds. The van der Waals surface area contributed by atoms with E-state index in [1.165, 1.54) is 12.1 Å². The average molecular weight is 372 g/mol. The van der Waals surface area contributed by atoms with Crippen LogP contribution in [0.15, 0.2) is 36.4 Å². The highest BCUT2D eigenvalue weighted by molar-refractivity contribution is 6.36. The molecular weight excluding hydrogens is 359 g/mol. The molecule has 4 nitrogen and oxygen atoms in total. The van der Waals surface area contributed by atoms with Gasteiger partial charge < -0.3 is 10.6 Å². The Morgan fingerprint density at radius 3 is 2.35 bits per heavy atom. The second-order valence-corrected chi connectivity index (χ2v) is 6.09. The van der Waals surface area contributed by atoms with E-state index in [4.69, 9.17) is 34.8 Å². The van der Waals surface area contributed by atoms with Crippen molar-refractivity contribution in [1.82, 2.24) is 5.32 Å². The van der Waals surface area contributed by atoms with Gasteiger partial charge in [0.2, 0.25) is 5.91 Å². The third kappa shape index (κ3) is 4.86. The number of nitrogens with one attached hydrogen (secondary N) is 2. The number of benzene rings is 2. The Labute approximate surface area is 148 Å². The molecule has 2 rings (SSSR count). The number of aryl methyl sites for hydroxylation is 1. The van der Waals surface area contributed by atoms with Gasteiger partial charge in [0.05, 0.1) is 17.1 Å². The fourth-order valence-electron chi connectivity index (χ4n) is 1.85. The summed E-state index contributed by atoms with van der Waals surface area (Å²) in [7, 11) is 0. The van der Waals surface area contributed by atoms with Gasteiger partial charge in [-0.3, -0.25) is 9.59 Å². The molecule has 7 heteroatoms. The summed E-state index contributed by atoms with van der Waals surface area (Å²) >= 11 is 17.6. The molecular formula is C16H13Cl3N2O2. The van der Waals surface area contributed by atoms with Crippen molar-refractivity contribution < 1.29 is 9.59 Å². The first-order valence-corrected chi connectivity index (χ1v) is 7.79. The molecule has 0 bridgehead atoms. The zero-order valence-electron chi connectivity index (χ0n) is 12.1. The third-order valence-corrected chi connectivity index (χ3v) is 3.84. The van der Waals surface area contributed by atoms with Gasteiger partial charge in [0.15, 0.2) is 0 Å². The number of carbonyl (C=O) groups excluding carboxylic acids is 2.